The third-order valence-corrected chi connectivity index (χ3v) is 2.31. The molecule has 0 saturated carbocycles. The third-order valence-electron chi connectivity index (χ3n) is 2.31. The number of unbranched alkanes of at least 4 members (excludes halogenated alkanes) is 2. The quantitative estimate of drug-likeness (QED) is 0.375. The first kappa shape index (κ1) is 17.8. The van der Waals surface area contributed by atoms with Crippen LogP contribution >= 0.6 is 0 Å². The Morgan fingerprint density at radius 3 is 1.56 bits per heavy atom. The summed E-state index contributed by atoms with van der Waals surface area (Å²) < 4.78 is 22.3. The Labute approximate surface area is 112 Å². The lowest BCUT2D eigenvalue weighted by Gasteiger charge is -2.25. The van der Waals surface area contributed by atoms with Gasteiger partial charge in [-0.3, -0.25) is 0 Å². The summed E-state index contributed by atoms with van der Waals surface area (Å²) >= 11 is 0. The molecule has 0 rings (SSSR count). The van der Waals surface area contributed by atoms with E-state index in [2.05, 4.69) is 13.8 Å². The first-order chi connectivity index (χ1) is 8.79. The van der Waals surface area contributed by atoms with E-state index in [9.17, 15) is 0 Å². The molecule has 0 amide bonds. The second kappa shape index (κ2) is 13.3. The second-order valence-corrected chi connectivity index (χ2v) is 3.97. The first-order valence-corrected chi connectivity index (χ1v) is 7.15. The number of rotatable bonds is 13. The van der Waals surface area contributed by atoms with Gasteiger partial charge in [0.05, 0.1) is 13.2 Å². The number of hydrogen-bond donors (Lipinski definition) is 0. The molecule has 4 heteroatoms. The van der Waals surface area contributed by atoms with Gasteiger partial charge < -0.3 is 18.9 Å². The highest BCUT2D eigenvalue weighted by atomic mass is 16.8. The van der Waals surface area contributed by atoms with Crippen molar-refractivity contribution in [3.8, 4) is 0 Å². The van der Waals surface area contributed by atoms with Crippen molar-refractivity contribution in [2.75, 3.05) is 26.4 Å². The molecule has 0 spiro atoms. The Balaban J connectivity index is 4.18. The third kappa shape index (κ3) is 8.86. The molecule has 0 bridgehead atoms. The molecule has 109 valence electrons. The Hall–Kier alpha value is -0.160. The van der Waals surface area contributed by atoms with Crippen LogP contribution in [0, 0.1) is 6.29 Å². The normalized spacial score (nSPS) is 11.7. The lowest BCUT2D eigenvalue weighted by Crippen LogP contribution is -2.30. The summed E-state index contributed by atoms with van der Waals surface area (Å²) in [5, 5.41) is 0. The van der Waals surface area contributed by atoms with Crippen LogP contribution in [0.5, 0.6) is 0 Å². The topological polar surface area (TPSA) is 36.9 Å². The van der Waals surface area contributed by atoms with E-state index in [-0.39, 0.29) is 0 Å². The van der Waals surface area contributed by atoms with Crippen molar-refractivity contribution in [1.82, 2.24) is 0 Å². The fourth-order valence-electron chi connectivity index (χ4n) is 1.30. The van der Waals surface area contributed by atoms with Crippen LogP contribution in [0.4, 0.5) is 0 Å². The van der Waals surface area contributed by atoms with Crippen LogP contribution in [-0.2, 0) is 18.9 Å². The fourth-order valence-corrected chi connectivity index (χ4v) is 1.30. The molecule has 0 N–H and O–H groups in total. The van der Waals surface area contributed by atoms with Crippen LogP contribution in [0.1, 0.15) is 53.4 Å². The van der Waals surface area contributed by atoms with E-state index in [1.54, 1.807) is 0 Å². The first-order valence-electron chi connectivity index (χ1n) is 7.15. The Bertz CT molecular complexity index is 148. The Morgan fingerprint density at radius 1 is 0.778 bits per heavy atom. The SMILES string of the molecule is CCCCO[C](OCCCC)C(OCC)OCC. The minimum absolute atomic E-state index is 0.473. The van der Waals surface area contributed by atoms with E-state index in [0.717, 1.165) is 25.7 Å². The van der Waals surface area contributed by atoms with Crippen molar-refractivity contribution < 1.29 is 18.9 Å². The molecule has 0 unspecified atom stereocenters. The second-order valence-electron chi connectivity index (χ2n) is 3.97. The smallest absolute Gasteiger partial charge is 0.282 e. The van der Waals surface area contributed by atoms with Gasteiger partial charge in [-0.15, -0.1) is 0 Å². The van der Waals surface area contributed by atoms with Crippen molar-refractivity contribution in [3.63, 3.8) is 0 Å². The molecule has 0 aliphatic heterocycles. The van der Waals surface area contributed by atoms with Crippen LogP contribution < -0.4 is 0 Å². The van der Waals surface area contributed by atoms with Crippen molar-refractivity contribution in [2.24, 2.45) is 0 Å². The molecule has 0 aromatic carbocycles. The number of hydrogen-bond acceptors (Lipinski definition) is 4. The minimum Gasteiger partial charge on any atom is -0.348 e. The monoisotopic (exact) mass is 261 g/mol. The molecular formula is C14H29O4. The largest absolute Gasteiger partial charge is 0.348 e. The molecule has 0 aromatic rings. The lowest BCUT2D eigenvalue weighted by atomic mass is 10.3. The molecule has 0 aliphatic rings. The molecule has 1 radical (unpaired) electrons. The molecule has 18 heavy (non-hydrogen) atoms. The van der Waals surface area contributed by atoms with Gasteiger partial charge >= 0.3 is 0 Å². The molecule has 0 fully saturated rings. The summed E-state index contributed by atoms with van der Waals surface area (Å²) in [6, 6.07) is 0. The standard InChI is InChI=1S/C14H29O4/c1-5-9-11-17-14(18-12-10-6-2)13(15-7-3)16-8-4/h13H,5-12H2,1-4H3. The van der Waals surface area contributed by atoms with E-state index in [4.69, 9.17) is 18.9 Å². The maximum atomic E-state index is 5.64. The highest BCUT2D eigenvalue weighted by Gasteiger charge is 2.26. The average molecular weight is 261 g/mol. The molecule has 0 saturated heterocycles. The van der Waals surface area contributed by atoms with Gasteiger partial charge in [0.25, 0.3) is 6.29 Å². The van der Waals surface area contributed by atoms with Crippen LogP contribution in [0.2, 0.25) is 0 Å². The summed E-state index contributed by atoms with van der Waals surface area (Å²) in [4.78, 5) is 0. The van der Waals surface area contributed by atoms with Gasteiger partial charge in [-0.05, 0) is 26.7 Å². The molecule has 0 atom stereocenters. The van der Waals surface area contributed by atoms with Gasteiger partial charge in [0, 0.05) is 13.2 Å². The van der Waals surface area contributed by atoms with Gasteiger partial charge in [-0.25, -0.2) is 0 Å². The molecule has 0 aliphatic carbocycles. The average Bonchev–Trinajstić information content (AvgIpc) is 2.37. The Kier molecular flexibility index (Phi) is 13.2. The van der Waals surface area contributed by atoms with Gasteiger partial charge in [0.15, 0.2) is 0 Å². The van der Waals surface area contributed by atoms with Crippen LogP contribution in [0.15, 0.2) is 0 Å². The molecule has 4 nitrogen and oxygen atoms in total. The van der Waals surface area contributed by atoms with Gasteiger partial charge in [0.1, 0.15) is 0 Å². The summed E-state index contributed by atoms with van der Waals surface area (Å²) in [6.07, 6.45) is 4.16. The summed E-state index contributed by atoms with van der Waals surface area (Å²) in [5.74, 6) is 0. The fraction of sp³-hybridized carbons (Fsp3) is 0.929. The van der Waals surface area contributed by atoms with Crippen LogP contribution in [-0.4, -0.2) is 32.7 Å². The predicted molar refractivity (Wildman–Crippen MR) is 72.0 cm³/mol. The van der Waals surface area contributed by atoms with Crippen molar-refractivity contribution in [3.05, 3.63) is 6.29 Å². The zero-order chi connectivity index (χ0) is 13.6. The highest BCUT2D eigenvalue weighted by molar-refractivity contribution is 4.71. The van der Waals surface area contributed by atoms with E-state index in [1.807, 2.05) is 13.8 Å². The van der Waals surface area contributed by atoms with Gasteiger partial charge in [0.2, 0.25) is 6.29 Å². The molecule has 0 aromatic heterocycles. The lowest BCUT2D eigenvalue weighted by molar-refractivity contribution is -0.220. The van der Waals surface area contributed by atoms with Crippen molar-refractivity contribution in [1.29, 1.82) is 0 Å². The minimum atomic E-state index is -0.506. The van der Waals surface area contributed by atoms with E-state index < -0.39 is 6.29 Å². The van der Waals surface area contributed by atoms with Crippen LogP contribution in [0.3, 0.4) is 0 Å². The highest BCUT2D eigenvalue weighted by Crippen LogP contribution is 2.17. The summed E-state index contributed by atoms with van der Waals surface area (Å²) in [7, 11) is 0. The van der Waals surface area contributed by atoms with Gasteiger partial charge in [-0.2, -0.15) is 0 Å². The van der Waals surface area contributed by atoms with E-state index in [1.165, 1.54) is 0 Å². The van der Waals surface area contributed by atoms with Crippen LogP contribution in [0.25, 0.3) is 0 Å². The summed E-state index contributed by atoms with van der Waals surface area (Å²) in [6.45, 7) is 10.6. The van der Waals surface area contributed by atoms with Crippen molar-refractivity contribution in [2.45, 2.75) is 59.7 Å². The number of ether oxygens (including phenoxy) is 4. The zero-order valence-electron chi connectivity index (χ0n) is 12.4. The Morgan fingerprint density at radius 2 is 1.22 bits per heavy atom. The zero-order valence-corrected chi connectivity index (χ0v) is 12.4. The van der Waals surface area contributed by atoms with Gasteiger partial charge in [-0.1, -0.05) is 26.7 Å². The molecule has 0 heterocycles. The van der Waals surface area contributed by atoms with E-state index in [0.29, 0.717) is 32.7 Å². The maximum absolute atomic E-state index is 5.64. The predicted octanol–water partition coefficient (Wildman–Crippen LogP) is 3.51. The summed E-state index contributed by atoms with van der Waals surface area (Å²) in [5.41, 5.74) is 0. The maximum Gasteiger partial charge on any atom is 0.282 e. The van der Waals surface area contributed by atoms with E-state index >= 15 is 0 Å². The molecular weight excluding hydrogens is 232 g/mol. The van der Waals surface area contributed by atoms with Crippen molar-refractivity contribution >= 4 is 0 Å².